The Labute approximate surface area is 136 Å². The molecule has 2 aromatic rings. The van der Waals surface area contributed by atoms with Gasteiger partial charge in [0.05, 0.1) is 0 Å². The maximum atomic E-state index is 12.7. The van der Waals surface area contributed by atoms with E-state index in [9.17, 15) is 13.2 Å². The predicted molar refractivity (Wildman–Crippen MR) is 81.1 cm³/mol. The summed E-state index contributed by atoms with van der Waals surface area (Å²) in [5.74, 6) is 0. The van der Waals surface area contributed by atoms with Crippen molar-refractivity contribution in [1.29, 1.82) is 0 Å². The summed E-state index contributed by atoms with van der Waals surface area (Å²) in [5.41, 5.74) is 0.519. The first-order chi connectivity index (χ1) is 10.9. The molecule has 1 aromatic carbocycles. The van der Waals surface area contributed by atoms with Gasteiger partial charge in [-0.1, -0.05) is 29.8 Å². The summed E-state index contributed by atoms with van der Waals surface area (Å²) in [6, 6.07) is 8.60. The van der Waals surface area contributed by atoms with Crippen LogP contribution in [-0.4, -0.2) is 34.7 Å². The van der Waals surface area contributed by atoms with Crippen LogP contribution in [0.1, 0.15) is 23.0 Å². The summed E-state index contributed by atoms with van der Waals surface area (Å²) in [4.78, 5) is 2.10. The highest BCUT2D eigenvalue weighted by atomic mass is 35.5. The van der Waals surface area contributed by atoms with Gasteiger partial charge in [-0.15, -0.1) is 0 Å². The highest BCUT2D eigenvalue weighted by Crippen LogP contribution is 2.31. The zero-order chi connectivity index (χ0) is 16.4. The van der Waals surface area contributed by atoms with E-state index in [4.69, 9.17) is 11.6 Å². The van der Waals surface area contributed by atoms with Crippen LogP contribution in [0.25, 0.3) is 0 Å². The number of benzene rings is 1. The number of aromatic nitrogens is 2. The SMILES string of the molecule is FC(F)(F)c1cc(CN2CCNCC2c2ccccc2Cl)[nH]n1. The molecule has 1 aromatic heterocycles. The third-order valence-corrected chi connectivity index (χ3v) is 4.26. The molecule has 1 atom stereocenters. The van der Waals surface area contributed by atoms with Crippen LogP contribution in [-0.2, 0) is 12.7 Å². The van der Waals surface area contributed by atoms with Crippen LogP contribution >= 0.6 is 11.6 Å². The number of alkyl halides is 3. The number of hydrogen-bond donors (Lipinski definition) is 2. The average molecular weight is 345 g/mol. The second kappa shape index (κ2) is 6.51. The molecule has 124 valence electrons. The Hall–Kier alpha value is -1.57. The zero-order valence-corrected chi connectivity index (χ0v) is 13.0. The quantitative estimate of drug-likeness (QED) is 0.898. The fourth-order valence-corrected chi connectivity index (χ4v) is 3.06. The lowest BCUT2D eigenvalue weighted by molar-refractivity contribution is -0.141. The highest BCUT2D eigenvalue weighted by Gasteiger charge is 2.34. The van der Waals surface area contributed by atoms with Crippen molar-refractivity contribution in [2.24, 2.45) is 0 Å². The molecule has 0 radical (unpaired) electrons. The Kier molecular flexibility index (Phi) is 4.61. The summed E-state index contributed by atoms with van der Waals surface area (Å²) in [5, 5.41) is 9.79. The molecule has 0 aliphatic carbocycles. The molecule has 3 rings (SSSR count). The van der Waals surface area contributed by atoms with Gasteiger partial charge < -0.3 is 5.32 Å². The number of rotatable bonds is 3. The van der Waals surface area contributed by atoms with Gasteiger partial charge in [0.15, 0.2) is 5.69 Å². The fourth-order valence-electron chi connectivity index (χ4n) is 2.79. The third-order valence-electron chi connectivity index (χ3n) is 3.91. The van der Waals surface area contributed by atoms with Gasteiger partial charge in [-0.3, -0.25) is 10.00 Å². The fraction of sp³-hybridized carbons (Fsp3) is 0.400. The molecule has 0 spiro atoms. The Morgan fingerprint density at radius 2 is 2.09 bits per heavy atom. The minimum absolute atomic E-state index is 0.00934. The smallest absolute Gasteiger partial charge is 0.314 e. The number of nitrogens with zero attached hydrogens (tertiary/aromatic N) is 2. The monoisotopic (exact) mass is 344 g/mol. The number of H-pyrrole nitrogens is 1. The molecule has 1 fully saturated rings. The van der Waals surface area contributed by atoms with E-state index in [1.807, 2.05) is 24.3 Å². The topological polar surface area (TPSA) is 44.0 Å². The van der Waals surface area contributed by atoms with Crippen molar-refractivity contribution in [3.8, 4) is 0 Å². The van der Waals surface area contributed by atoms with Crippen molar-refractivity contribution in [3.05, 3.63) is 52.3 Å². The van der Waals surface area contributed by atoms with E-state index in [2.05, 4.69) is 20.4 Å². The van der Waals surface area contributed by atoms with Crippen molar-refractivity contribution in [1.82, 2.24) is 20.4 Å². The van der Waals surface area contributed by atoms with E-state index in [1.54, 1.807) is 0 Å². The largest absolute Gasteiger partial charge is 0.435 e. The molecular formula is C15H16ClF3N4. The zero-order valence-electron chi connectivity index (χ0n) is 12.2. The second-order valence-electron chi connectivity index (χ2n) is 5.49. The van der Waals surface area contributed by atoms with Crippen molar-refractivity contribution in [3.63, 3.8) is 0 Å². The number of nitrogens with one attached hydrogen (secondary N) is 2. The Morgan fingerprint density at radius 3 is 2.78 bits per heavy atom. The van der Waals surface area contributed by atoms with Crippen LogP contribution < -0.4 is 5.32 Å². The van der Waals surface area contributed by atoms with Gasteiger partial charge in [0.2, 0.25) is 0 Å². The van der Waals surface area contributed by atoms with E-state index in [-0.39, 0.29) is 6.04 Å². The summed E-state index contributed by atoms with van der Waals surface area (Å²) in [6.07, 6.45) is -4.43. The number of aromatic amines is 1. The third kappa shape index (κ3) is 3.68. The molecule has 0 bridgehead atoms. The van der Waals surface area contributed by atoms with Crippen LogP contribution in [0.2, 0.25) is 5.02 Å². The average Bonchev–Trinajstić information content (AvgIpc) is 2.97. The maximum Gasteiger partial charge on any atom is 0.435 e. The lowest BCUT2D eigenvalue weighted by atomic mass is 10.0. The summed E-state index contributed by atoms with van der Waals surface area (Å²) >= 11 is 6.27. The minimum atomic E-state index is -4.43. The first kappa shape index (κ1) is 16.3. The summed E-state index contributed by atoms with van der Waals surface area (Å²) in [6.45, 7) is 2.56. The lowest BCUT2D eigenvalue weighted by Gasteiger charge is -2.36. The molecule has 4 nitrogen and oxygen atoms in total. The predicted octanol–water partition coefficient (Wildman–Crippen LogP) is 3.23. The van der Waals surface area contributed by atoms with E-state index < -0.39 is 11.9 Å². The van der Waals surface area contributed by atoms with Crippen LogP contribution in [0.15, 0.2) is 30.3 Å². The Bertz CT molecular complexity index is 671. The summed E-state index contributed by atoms with van der Waals surface area (Å²) < 4.78 is 38.0. The van der Waals surface area contributed by atoms with Crippen molar-refractivity contribution < 1.29 is 13.2 Å². The summed E-state index contributed by atoms with van der Waals surface area (Å²) in [7, 11) is 0. The number of hydrogen-bond acceptors (Lipinski definition) is 3. The van der Waals surface area contributed by atoms with E-state index >= 15 is 0 Å². The van der Waals surface area contributed by atoms with Crippen molar-refractivity contribution in [2.75, 3.05) is 19.6 Å². The van der Waals surface area contributed by atoms with Gasteiger partial charge in [0.25, 0.3) is 0 Å². The standard InChI is InChI=1S/C15H16ClF3N4/c16-12-4-2-1-3-11(12)13-8-20-5-6-23(13)9-10-7-14(22-21-10)15(17,18)19/h1-4,7,13,20H,5-6,8-9H2,(H,21,22). The number of piperazine rings is 1. The molecule has 2 N–H and O–H groups in total. The van der Waals surface area contributed by atoms with Crippen molar-refractivity contribution >= 4 is 11.6 Å². The molecular weight excluding hydrogens is 329 g/mol. The van der Waals surface area contributed by atoms with Gasteiger partial charge in [-0.2, -0.15) is 18.3 Å². The highest BCUT2D eigenvalue weighted by molar-refractivity contribution is 6.31. The molecule has 0 saturated carbocycles. The Balaban J connectivity index is 1.80. The first-order valence-corrected chi connectivity index (χ1v) is 7.63. The lowest BCUT2D eigenvalue weighted by Crippen LogP contribution is -2.45. The second-order valence-corrected chi connectivity index (χ2v) is 5.90. The normalized spacial score (nSPS) is 19.9. The van der Waals surface area contributed by atoms with Gasteiger partial charge in [-0.25, -0.2) is 0 Å². The van der Waals surface area contributed by atoms with E-state index in [1.165, 1.54) is 0 Å². The van der Waals surface area contributed by atoms with Gasteiger partial charge in [0.1, 0.15) is 0 Å². The van der Waals surface area contributed by atoms with Crippen LogP contribution in [0.5, 0.6) is 0 Å². The minimum Gasteiger partial charge on any atom is -0.314 e. The molecule has 1 saturated heterocycles. The molecule has 8 heteroatoms. The van der Waals surface area contributed by atoms with Gasteiger partial charge >= 0.3 is 6.18 Å². The van der Waals surface area contributed by atoms with Crippen LogP contribution in [0, 0.1) is 0 Å². The molecule has 2 heterocycles. The van der Waals surface area contributed by atoms with Crippen LogP contribution in [0.3, 0.4) is 0 Å². The molecule has 1 aliphatic heterocycles. The van der Waals surface area contributed by atoms with Crippen molar-refractivity contribution in [2.45, 2.75) is 18.8 Å². The number of halogens is 4. The Morgan fingerprint density at radius 1 is 1.30 bits per heavy atom. The van der Waals surface area contributed by atoms with E-state index in [0.29, 0.717) is 23.8 Å². The molecule has 1 unspecified atom stereocenters. The maximum absolute atomic E-state index is 12.7. The molecule has 23 heavy (non-hydrogen) atoms. The molecule has 1 aliphatic rings. The first-order valence-electron chi connectivity index (χ1n) is 7.26. The molecule has 0 amide bonds. The van der Waals surface area contributed by atoms with E-state index in [0.717, 1.165) is 24.7 Å². The van der Waals surface area contributed by atoms with Gasteiger partial charge in [-0.05, 0) is 17.7 Å². The van der Waals surface area contributed by atoms with Gasteiger partial charge in [0, 0.05) is 42.9 Å². The van der Waals surface area contributed by atoms with Crippen LogP contribution in [0.4, 0.5) is 13.2 Å².